The molecule has 1 atom stereocenters. The summed E-state index contributed by atoms with van der Waals surface area (Å²) >= 11 is 0. The molecular formula is C13H24N4. The summed E-state index contributed by atoms with van der Waals surface area (Å²) in [6, 6.07) is 3.68. The van der Waals surface area contributed by atoms with Crippen LogP contribution in [0.1, 0.15) is 26.7 Å². The molecule has 0 bridgehead atoms. The van der Waals surface area contributed by atoms with Crippen molar-refractivity contribution in [2.45, 2.75) is 44.8 Å². The maximum atomic E-state index is 9.12. The Morgan fingerprint density at radius 2 is 1.88 bits per heavy atom. The molecule has 2 fully saturated rings. The Labute approximate surface area is 105 Å². The third-order valence-corrected chi connectivity index (χ3v) is 3.75. The molecule has 1 unspecified atom stereocenters. The molecule has 0 spiro atoms. The van der Waals surface area contributed by atoms with Crippen molar-refractivity contribution >= 4 is 0 Å². The Hall–Kier alpha value is -0.630. The van der Waals surface area contributed by atoms with Gasteiger partial charge in [-0.25, -0.2) is 0 Å². The Morgan fingerprint density at radius 3 is 2.35 bits per heavy atom. The fourth-order valence-electron chi connectivity index (χ4n) is 2.39. The molecule has 0 aromatic heterocycles. The molecule has 0 radical (unpaired) electrons. The van der Waals surface area contributed by atoms with Gasteiger partial charge in [0.1, 0.15) is 6.04 Å². The predicted octanol–water partition coefficient (Wildman–Crippen LogP) is 0.657. The standard InChI is InChI=1S/C13H24N4/c1-11(2)17-7-5-16(6-8-17)10-13(9-14)15-12-3-4-12/h11-13,15H,3-8,10H2,1-2H3. The Bertz CT molecular complexity index is 272. The zero-order chi connectivity index (χ0) is 12.3. The summed E-state index contributed by atoms with van der Waals surface area (Å²) in [6.45, 7) is 9.87. The SMILES string of the molecule is CC(C)N1CCN(CC(C#N)NC2CC2)CC1. The maximum Gasteiger partial charge on any atom is 0.108 e. The molecule has 4 heteroatoms. The van der Waals surface area contributed by atoms with Crippen molar-refractivity contribution in [2.24, 2.45) is 0 Å². The lowest BCUT2D eigenvalue weighted by Gasteiger charge is -2.37. The van der Waals surface area contributed by atoms with Crippen LogP contribution in [-0.2, 0) is 0 Å². The van der Waals surface area contributed by atoms with Crippen molar-refractivity contribution in [3.8, 4) is 6.07 Å². The van der Waals surface area contributed by atoms with Crippen LogP contribution in [0.4, 0.5) is 0 Å². The van der Waals surface area contributed by atoms with Gasteiger partial charge in [0.05, 0.1) is 6.07 Å². The van der Waals surface area contributed by atoms with E-state index in [9.17, 15) is 0 Å². The molecule has 0 aromatic carbocycles. The fraction of sp³-hybridized carbons (Fsp3) is 0.923. The molecule has 0 amide bonds. The molecule has 1 N–H and O–H groups in total. The lowest BCUT2D eigenvalue weighted by Crippen LogP contribution is -2.52. The number of hydrogen-bond donors (Lipinski definition) is 1. The Morgan fingerprint density at radius 1 is 1.24 bits per heavy atom. The van der Waals surface area contributed by atoms with Gasteiger partial charge in [0.15, 0.2) is 0 Å². The van der Waals surface area contributed by atoms with E-state index in [1.165, 1.54) is 12.8 Å². The predicted molar refractivity (Wildman–Crippen MR) is 68.7 cm³/mol. The molecule has 1 saturated heterocycles. The zero-order valence-electron chi connectivity index (χ0n) is 11.0. The summed E-state index contributed by atoms with van der Waals surface area (Å²) in [5.74, 6) is 0. The van der Waals surface area contributed by atoms with Gasteiger partial charge in [0, 0.05) is 44.8 Å². The van der Waals surface area contributed by atoms with Gasteiger partial charge in [-0.05, 0) is 26.7 Å². The van der Waals surface area contributed by atoms with E-state index in [0.29, 0.717) is 12.1 Å². The Kier molecular flexibility index (Phi) is 4.38. The third-order valence-electron chi connectivity index (χ3n) is 3.75. The quantitative estimate of drug-likeness (QED) is 0.761. The van der Waals surface area contributed by atoms with Crippen molar-refractivity contribution in [3.05, 3.63) is 0 Å². The molecule has 0 aromatic rings. The van der Waals surface area contributed by atoms with E-state index in [1.807, 2.05) is 0 Å². The highest BCUT2D eigenvalue weighted by molar-refractivity contribution is 4.97. The van der Waals surface area contributed by atoms with E-state index in [0.717, 1.165) is 32.7 Å². The van der Waals surface area contributed by atoms with Crippen molar-refractivity contribution in [3.63, 3.8) is 0 Å². The lowest BCUT2D eigenvalue weighted by atomic mass is 10.2. The van der Waals surface area contributed by atoms with E-state index >= 15 is 0 Å². The monoisotopic (exact) mass is 236 g/mol. The second-order valence-electron chi connectivity index (χ2n) is 5.55. The summed E-state index contributed by atoms with van der Waals surface area (Å²) < 4.78 is 0. The first kappa shape index (κ1) is 12.8. The van der Waals surface area contributed by atoms with Gasteiger partial charge in [-0.2, -0.15) is 5.26 Å². The van der Waals surface area contributed by atoms with Crippen LogP contribution in [-0.4, -0.2) is 60.6 Å². The highest BCUT2D eigenvalue weighted by atomic mass is 15.3. The van der Waals surface area contributed by atoms with Crippen LogP contribution in [0.3, 0.4) is 0 Å². The van der Waals surface area contributed by atoms with Gasteiger partial charge in [-0.3, -0.25) is 15.1 Å². The third kappa shape index (κ3) is 3.95. The summed E-state index contributed by atoms with van der Waals surface area (Å²) in [4.78, 5) is 4.92. The average Bonchev–Trinajstić information content (AvgIpc) is 3.13. The first-order valence-electron chi connectivity index (χ1n) is 6.81. The van der Waals surface area contributed by atoms with E-state index in [2.05, 4.69) is 35.0 Å². The van der Waals surface area contributed by atoms with Crippen molar-refractivity contribution < 1.29 is 0 Å². The molecule has 1 saturated carbocycles. The van der Waals surface area contributed by atoms with Gasteiger partial charge < -0.3 is 0 Å². The van der Waals surface area contributed by atoms with E-state index in [-0.39, 0.29) is 6.04 Å². The largest absolute Gasteiger partial charge is 0.298 e. The normalized spacial score (nSPS) is 24.8. The first-order chi connectivity index (χ1) is 8.19. The number of rotatable bonds is 5. The molecule has 4 nitrogen and oxygen atoms in total. The summed E-state index contributed by atoms with van der Waals surface area (Å²) in [5.41, 5.74) is 0. The molecule has 2 aliphatic rings. The van der Waals surface area contributed by atoms with Crippen molar-refractivity contribution in [1.82, 2.24) is 15.1 Å². The summed E-state index contributed by atoms with van der Waals surface area (Å²) in [5, 5.41) is 12.5. The van der Waals surface area contributed by atoms with Crippen LogP contribution in [0.25, 0.3) is 0 Å². The van der Waals surface area contributed by atoms with Crippen molar-refractivity contribution in [2.75, 3.05) is 32.7 Å². The van der Waals surface area contributed by atoms with E-state index in [1.54, 1.807) is 0 Å². The minimum Gasteiger partial charge on any atom is -0.298 e. The molecule has 2 rings (SSSR count). The highest BCUT2D eigenvalue weighted by Crippen LogP contribution is 2.19. The topological polar surface area (TPSA) is 42.3 Å². The smallest absolute Gasteiger partial charge is 0.108 e. The number of piperazine rings is 1. The molecule has 1 aliphatic heterocycles. The van der Waals surface area contributed by atoms with Gasteiger partial charge >= 0.3 is 0 Å². The highest BCUT2D eigenvalue weighted by Gasteiger charge is 2.26. The molecule has 1 heterocycles. The fourth-order valence-corrected chi connectivity index (χ4v) is 2.39. The second-order valence-corrected chi connectivity index (χ2v) is 5.55. The molecule has 17 heavy (non-hydrogen) atoms. The van der Waals surface area contributed by atoms with Gasteiger partial charge in [0.2, 0.25) is 0 Å². The van der Waals surface area contributed by atoms with Crippen LogP contribution in [0.15, 0.2) is 0 Å². The van der Waals surface area contributed by atoms with Crippen LogP contribution < -0.4 is 5.32 Å². The lowest BCUT2D eigenvalue weighted by molar-refractivity contribution is 0.105. The van der Waals surface area contributed by atoms with E-state index < -0.39 is 0 Å². The van der Waals surface area contributed by atoms with Crippen LogP contribution in [0.5, 0.6) is 0 Å². The molecule has 1 aliphatic carbocycles. The minimum atomic E-state index is 0.0214. The molecular weight excluding hydrogens is 212 g/mol. The Balaban J connectivity index is 1.70. The molecule has 96 valence electrons. The number of nitriles is 1. The summed E-state index contributed by atoms with van der Waals surface area (Å²) in [7, 11) is 0. The first-order valence-corrected chi connectivity index (χ1v) is 6.81. The van der Waals surface area contributed by atoms with Crippen LogP contribution in [0.2, 0.25) is 0 Å². The summed E-state index contributed by atoms with van der Waals surface area (Å²) in [6.07, 6.45) is 2.50. The van der Waals surface area contributed by atoms with Crippen LogP contribution in [0, 0.1) is 11.3 Å². The number of nitrogens with zero attached hydrogens (tertiary/aromatic N) is 3. The van der Waals surface area contributed by atoms with Crippen molar-refractivity contribution in [1.29, 1.82) is 5.26 Å². The second kappa shape index (κ2) is 5.81. The number of nitrogens with one attached hydrogen (secondary N) is 1. The average molecular weight is 236 g/mol. The van der Waals surface area contributed by atoms with Gasteiger partial charge in [-0.15, -0.1) is 0 Å². The number of hydrogen-bond acceptors (Lipinski definition) is 4. The van der Waals surface area contributed by atoms with Gasteiger partial charge in [0.25, 0.3) is 0 Å². The maximum absolute atomic E-state index is 9.12. The van der Waals surface area contributed by atoms with E-state index in [4.69, 9.17) is 5.26 Å². The van der Waals surface area contributed by atoms with Crippen LogP contribution >= 0.6 is 0 Å². The zero-order valence-corrected chi connectivity index (χ0v) is 11.0. The van der Waals surface area contributed by atoms with Gasteiger partial charge in [-0.1, -0.05) is 0 Å². The minimum absolute atomic E-state index is 0.0214.